The molecule has 2 fully saturated rings. The number of nitrogens with zero attached hydrogens (tertiary/aromatic N) is 1. The van der Waals surface area contributed by atoms with Crippen LogP contribution in [0.3, 0.4) is 0 Å². The Hall–Kier alpha value is -3.32. The van der Waals surface area contributed by atoms with Crippen LogP contribution in [0.2, 0.25) is 0 Å². The van der Waals surface area contributed by atoms with Crippen molar-refractivity contribution < 1.29 is 0 Å². The topological polar surface area (TPSA) is 3.24 Å². The Bertz CT molecular complexity index is 1590. The van der Waals surface area contributed by atoms with Crippen molar-refractivity contribution in [1.29, 1.82) is 0 Å². The standard InChI is InChI=1S/C41H47N/c1-40(2,3)42(38-25-31(28-15-7-6-8-16-28)23-24-32(38)29-17-9-10-18-29)39-27-37-35(26-34(39)30-19-11-12-20-30)33-21-13-14-22-36(33)41(37,4)5/h6-8,13-16,21-27,29-30H,9-12,17-20H2,1-5H3. The molecular weight excluding hydrogens is 506 g/mol. The zero-order chi connectivity index (χ0) is 29.1. The van der Waals surface area contributed by atoms with Crippen molar-refractivity contribution in [3.8, 4) is 22.3 Å². The highest BCUT2D eigenvalue weighted by Crippen LogP contribution is 2.55. The molecule has 0 saturated heterocycles. The third-order valence-electron chi connectivity index (χ3n) is 10.6. The molecule has 0 N–H and O–H groups in total. The number of hydrogen-bond donors (Lipinski definition) is 0. The second-order valence-corrected chi connectivity index (χ2v) is 14.7. The molecule has 3 aliphatic rings. The molecule has 42 heavy (non-hydrogen) atoms. The van der Waals surface area contributed by atoms with Crippen molar-refractivity contribution in [2.45, 2.75) is 109 Å². The van der Waals surface area contributed by atoms with E-state index in [9.17, 15) is 0 Å². The fraction of sp³-hybridized carbons (Fsp3) is 0.415. The van der Waals surface area contributed by atoms with Gasteiger partial charge >= 0.3 is 0 Å². The van der Waals surface area contributed by atoms with Crippen LogP contribution >= 0.6 is 0 Å². The van der Waals surface area contributed by atoms with Crippen molar-refractivity contribution in [1.82, 2.24) is 0 Å². The molecule has 0 aromatic heterocycles. The van der Waals surface area contributed by atoms with E-state index in [0.29, 0.717) is 11.8 Å². The summed E-state index contributed by atoms with van der Waals surface area (Å²) in [7, 11) is 0. The number of anilines is 2. The number of hydrogen-bond acceptors (Lipinski definition) is 1. The Balaban J connectivity index is 1.49. The summed E-state index contributed by atoms with van der Waals surface area (Å²) in [6.07, 6.45) is 10.6. The Labute approximate surface area is 254 Å². The van der Waals surface area contributed by atoms with E-state index in [1.807, 2.05) is 0 Å². The molecule has 0 spiro atoms. The maximum atomic E-state index is 2.76. The molecule has 3 aliphatic carbocycles. The quantitative estimate of drug-likeness (QED) is 0.237. The third kappa shape index (κ3) is 4.61. The highest BCUT2D eigenvalue weighted by atomic mass is 15.2. The van der Waals surface area contributed by atoms with E-state index >= 15 is 0 Å². The highest BCUT2D eigenvalue weighted by molar-refractivity contribution is 5.86. The van der Waals surface area contributed by atoms with Crippen LogP contribution in [-0.2, 0) is 5.41 Å². The van der Waals surface area contributed by atoms with E-state index in [1.165, 1.54) is 96.1 Å². The molecule has 0 radical (unpaired) electrons. The minimum Gasteiger partial charge on any atom is -0.336 e. The van der Waals surface area contributed by atoms with Gasteiger partial charge in [-0.15, -0.1) is 0 Å². The lowest BCUT2D eigenvalue weighted by atomic mass is 9.80. The number of fused-ring (bicyclic) bond motifs is 3. The summed E-state index contributed by atoms with van der Waals surface area (Å²) in [6, 6.07) is 32.8. The third-order valence-corrected chi connectivity index (χ3v) is 10.6. The van der Waals surface area contributed by atoms with Gasteiger partial charge in [0.1, 0.15) is 0 Å². The molecule has 4 aromatic carbocycles. The van der Waals surface area contributed by atoms with Crippen LogP contribution < -0.4 is 4.90 Å². The second kappa shape index (κ2) is 10.4. The van der Waals surface area contributed by atoms with Gasteiger partial charge in [-0.1, -0.05) is 106 Å². The first-order chi connectivity index (χ1) is 20.2. The van der Waals surface area contributed by atoms with Crippen LogP contribution in [0, 0.1) is 0 Å². The van der Waals surface area contributed by atoms with Crippen molar-refractivity contribution in [3.63, 3.8) is 0 Å². The molecule has 0 unspecified atom stereocenters. The molecule has 2 saturated carbocycles. The van der Waals surface area contributed by atoms with Crippen LogP contribution in [0.4, 0.5) is 11.4 Å². The summed E-state index contributed by atoms with van der Waals surface area (Å²) >= 11 is 0. The van der Waals surface area contributed by atoms with Crippen LogP contribution in [0.25, 0.3) is 22.3 Å². The van der Waals surface area contributed by atoms with E-state index in [-0.39, 0.29) is 11.0 Å². The van der Waals surface area contributed by atoms with Crippen molar-refractivity contribution in [2.75, 3.05) is 4.90 Å². The number of benzene rings is 4. The zero-order valence-electron chi connectivity index (χ0n) is 26.3. The number of rotatable bonds is 5. The smallest absolute Gasteiger partial charge is 0.0457 e. The second-order valence-electron chi connectivity index (χ2n) is 14.7. The van der Waals surface area contributed by atoms with Gasteiger partial charge in [-0.25, -0.2) is 0 Å². The lowest BCUT2D eigenvalue weighted by Gasteiger charge is -2.42. The van der Waals surface area contributed by atoms with Crippen LogP contribution in [0.5, 0.6) is 0 Å². The molecule has 7 rings (SSSR count). The SMILES string of the molecule is CC1(C)c2ccccc2-c2cc(C3CCCC3)c(N(c3cc(-c4ccccc4)ccc3C3CCCC3)C(C)(C)C)cc21. The summed E-state index contributed by atoms with van der Waals surface area (Å²) in [5.41, 5.74) is 14.3. The van der Waals surface area contributed by atoms with Gasteiger partial charge in [-0.2, -0.15) is 0 Å². The van der Waals surface area contributed by atoms with Crippen molar-refractivity contribution in [2.24, 2.45) is 0 Å². The molecule has 0 bridgehead atoms. The minimum absolute atomic E-state index is 0.0153. The molecule has 1 nitrogen and oxygen atoms in total. The maximum absolute atomic E-state index is 2.76. The van der Waals surface area contributed by atoms with Gasteiger partial charge in [-0.3, -0.25) is 0 Å². The molecular formula is C41H47N. The summed E-state index contributed by atoms with van der Waals surface area (Å²) in [5.74, 6) is 1.26. The molecule has 0 amide bonds. The molecule has 1 heteroatoms. The molecule has 0 aliphatic heterocycles. The average Bonchev–Trinajstić information content (AvgIpc) is 3.75. The monoisotopic (exact) mass is 553 g/mol. The van der Waals surface area contributed by atoms with Gasteiger partial charge in [0.05, 0.1) is 0 Å². The van der Waals surface area contributed by atoms with E-state index in [1.54, 1.807) is 11.1 Å². The van der Waals surface area contributed by atoms with Crippen molar-refractivity contribution >= 4 is 11.4 Å². The molecule has 0 heterocycles. The van der Waals surface area contributed by atoms with Gasteiger partial charge in [-0.05, 0) is 121 Å². The summed E-state index contributed by atoms with van der Waals surface area (Å²) in [6.45, 7) is 12.1. The Kier molecular flexibility index (Phi) is 6.84. The lowest BCUT2D eigenvalue weighted by molar-refractivity contribution is 0.550. The fourth-order valence-corrected chi connectivity index (χ4v) is 8.49. The maximum Gasteiger partial charge on any atom is 0.0457 e. The molecule has 216 valence electrons. The first kappa shape index (κ1) is 27.5. The van der Waals surface area contributed by atoms with Gasteiger partial charge in [0.25, 0.3) is 0 Å². The van der Waals surface area contributed by atoms with Crippen molar-refractivity contribution in [3.05, 3.63) is 107 Å². The Morgan fingerprint density at radius 2 is 1.17 bits per heavy atom. The first-order valence-corrected chi connectivity index (χ1v) is 16.5. The Morgan fingerprint density at radius 1 is 0.571 bits per heavy atom. The van der Waals surface area contributed by atoms with E-state index in [4.69, 9.17) is 0 Å². The largest absolute Gasteiger partial charge is 0.336 e. The first-order valence-electron chi connectivity index (χ1n) is 16.5. The highest BCUT2D eigenvalue weighted by Gasteiger charge is 2.39. The predicted octanol–water partition coefficient (Wildman–Crippen LogP) is 11.9. The van der Waals surface area contributed by atoms with Gasteiger partial charge in [0.2, 0.25) is 0 Å². The van der Waals surface area contributed by atoms with Gasteiger partial charge in [0, 0.05) is 22.3 Å². The normalized spacial score (nSPS) is 18.3. The summed E-state index contributed by atoms with van der Waals surface area (Å²) in [5, 5.41) is 0. The lowest BCUT2D eigenvalue weighted by Crippen LogP contribution is -2.39. The van der Waals surface area contributed by atoms with Crippen LogP contribution in [-0.4, -0.2) is 5.54 Å². The van der Waals surface area contributed by atoms with Crippen LogP contribution in [0.15, 0.2) is 84.9 Å². The minimum atomic E-state index is -0.0835. The van der Waals surface area contributed by atoms with E-state index < -0.39 is 0 Å². The van der Waals surface area contributed by atoms with Crippen LogP contribution in [0.1, 0.15) is 120 Å². The van der Waals surface area contributed by atoms with E-state index in [0.717, 1.165) is 0 Å². The zero-order valence-corrected chi connectivity index (χ0v) is 26.3. The average molecular weight is 554 g/mol. The fourth-order valence-electron chi connectivity index (χ4n) is 8.49. The Morgan fingerprint density at radius 3 is 1.83 bits per heavy atom. The van der Waals surface area contributed by atoms with E-state index in [2.05, 4.69) is 124 Å². The molecule has 4 aromatic rings. The summed E-state index contributed by atoms with van der Waals surface area (Å²) < 4.78 is 0. The summed E-state index contributed by atoms with van der Waals surface area (Å²) in [4.78, 5) is 2.76. The molecule has 0 atom stereocenters. The van der Waals surface area contributed by atoms with Gasteiger partial charge < -0.3 is 4.90 Å². The van der Waals surface area contributed by atoms with Gasteiger partial charge in [0.15, 0.2) is 0 Å². The predicted molar refractivity (Wildman–Crippen MR) is 180 cm³/mol.